The molecule has 4 rings (SSSR count). The highest BCUT2D eigenvalue weighted by Crippen LogP contribution is 2.28. The molecule has 0 spiro atoms. The number of carbonyl (C=O) groups excluding carboxylic acids is 1. The van der Waals surface area contributed by atoms with Gasteiger partial charge in [-0.3, -0.25) is 4.79 Å². The van der Waals surface area contributed by atoms with E-state index in [1.165, 1.54) is 0 Å². The molecule has 1 unspecified atom stereocenters. The van der Waals surface area contributed by atoms with Crippen molar-refractivity contribution >= 4 is 5.91 Å². The average molecular weight is 412 g/mol. The Hall–Kier alpha value is -3.86. The van der Waals surface area contributed by atoms with Crippen LogP contribution in [-0.2, 0) is 11.8 Å². The van der Waals surface area contributed by atoms with Crippen LogP contribution in [0.1, 0.15) is 34.5 Å². The molecule has 4 aromatic rings. The average Bonchev–Trinajstić information content (AvgIpc) is 3.25. The molecule has 0 aliphatic heterocycles. The number of ether oxygens (including phenoxy) is 1. The van der Waals surface area contributed by atoms with E-state index in [-0.39, 0.29) is 5.91 Å². The third-order valence-corrected chi connectivity index (χ3v) is 5.38. The van der Waals surface area contributed by atoms with Gasteiger partial charge in [0.15, 0.2) is 0 Å². The smallest absolute Gasteiger partial charge is 0.232 e. The minimum absolute atomic E-state index is 0.0822. The van der Waals surface area contributed by atoms with Gasteiger partial charge in [-0.05, 0) is 28.8 Å². The van der Waals surface area contributed by atoms with Crippen molar-refractivity contribution in [1.82, 2.24) is 14.9 Å². The highest BCUT2D eigenvalue weighted by molar-refractivity contribution is 5.87. The van der Waals surface area contributed by atoms with Crippen LogP contribution in [-0.4, -0.2) is 22.6 Å². The monoisotopic (exact) mass is 411 g/mol. The molecule has 1 N–H and O–H groups in total. The lowest BCUT2D eigenvalue weighted by molar-refractivity contribution is -0.122. The number of hydrogen-bond acceptors (Lipinski definition) is 3. The quantitative estimate of drug-likeness (QED) is 0.488. The molecule has 0 saturated heterocycles. The summed E-state index contributed by atoms with van der Waals surface area (Å²) in [4.78, 5) is 18.2. The van der Waals surface area contributed by atoms with Crippen LogP contribution in [0.15, 0.2) is 97.3 Å². The molecule has 1 amide bonds. The number of nitrogens with zero attached hydrogens (tertiary/aromatic N) is 2. The van der Waals surface area contributed by atoms with Gasteiger partial charge < -0.3 is 14.6 Å². The van der Waals surface area contributed by atoms with E-state index in [0.717, 1.165) is 28.3 Å². The Labute approximate surface area is 182 Å². The zero-order valence-electron chi connectivity index (χ0n) is 17.6. The van der Waals surface area contributed by atoms with Crippen molar-refractivity contribution in [2.24, 2.45) is 7.05 Å². The van der Waals surface area contributed by atoms with Gasteiger partial charge in [-0.15, -0.1) is 0 Å². The van der Waals surface area contributed by atoms with E-state index in [0.29, 0.717) is 0 Å². The third-order valence-electron chi connectivity index (χ3n) is 5.38. The molecule has 0 fully saturated rings. The van der Waals surface area contributed by atoms with Crippen LogP contribution >= 0.6 is 0 Å². The highest BCUT2D eigenvalue weighted by atomic mass is 16.5. The first-order chi connectivity index (χ1) is 15.2. The van der Waals surface area contributed by atoms with E-state index in [2.05, 4.69) is 10.3 Å². The molecule has 0 aliphatic rings. The molecule has 1 atom stereocenters. The Morgan fingerprint density at radius 1 is 0.871 bits per heavy atom. The van der Waals surface area contributed by atoms with Crippen molar-refractivity contribution in [2.45, 2.75) is 12.0 Å². The number of aromatic nitrogens is 2. The number of imidazole rings is 1. The summed E-state index contributed by atoms with van der Waals surface area (Å²) in [6.45, 7) is 0. The predicted octanol–water partition coefficient (Wildman–Crippen LogP) is 4.47. The maximum atomic E-state index is 13.7. The standard InChI is InChI=1S/C26H25N3O2/c1-29-18-17-27-25(29)24(21-13-15-22(31-2)16-14-21)28-26(30)23(19-9-5-3-6-10-19)20-11-7-4-8-12-20/h3-18,23-24H,1-2H3,(H,28,30). The molecular formula is C26H25N3O2. The Morgan fingerprint density at radius 2 is 1.45 bits per heavy atom. The summed E-state index contributed by atoms with van der Waals surface area (Å²) in [6.07, 6.45) is 3.62. The number of amides is 1. The second-order valence-corrected chi connectivity index (χ2v) is 7.37. The minimum atomic E-state index is -0.427. The van der Waals surface area contributed by atoms with Gasteiger partial charge in [0.25, 0.3) is 0 Å². The summed E-state index contributed by atoms with van der Waals surface area (Å²) >= 11 is 0. The van der Waals surface area contributed by atoms with E-state index < -0.39 is 12.0 Å². The summed E-state index contributed by atoms with van der Waals surface area (Å²) in [6, 6.07) is 27.0. The van der Waals surface area contributed by atoms with Crippen molar-refractivity contribution in [3.63, 3.8) is 0 Å². The molecule has 0 radical (unpaired) electrons. The fraction of sp³-hybridized carbons (Fsp3) is 0.154. The van der Waals surface area contributed by atoms with Crippen molar-refractivity contribution in [1.29, 1.82) is 0 Å². The molecule has 5 heteroatoms. The van der Waals surface area contributed by atoms with Crippen molar-refractivity contribution < 1.29 is 9.53 Å². The number of carbonyl (C=O) groups is 1. The van der Waals surface area contributed by atoms with Gasteiger partial charge in [0.05, 0.1) is 13.0 Å². The molecule has 0 bridgehead atoms. The zero-order chi connectivity index (χ0) is 21.6. The zero-order valence-corrected chi connectivity index (χ0v) is 17.6. The number of nitrogens with one attached hydrogen (secondary N) is 1. The molecule has 0 saturated carbocycles. The van der Waals surface area contributed by atoms with Gasteiger partial charge in [-0.1, -0.05) is 72.8 Å². The summed E-state index contributed by atoms with van der Waals surface area (Å²) in [7, 11) is 3.56. The maximum Gasteiger partial charge on any atom is 0.232 e. The Morgan fingerprint density at radius 3 is 1.94 bits per heavy atom. The molecule has 1 heterocycles. The van der Waals surface area contributed by atoms with Crippen LogP contribution in [0.3, 0.4) is 0 Å². The normalized spacial score (nSPS) is 11.8. The van der Waals surface area contributed by atoms with Gasteiger partial charge in [0.1, 0.15) is 17.6 Å². The predicted molar refractivity (Wildman–Crippen MR) is 121 cm³/mol. The van der Waals surface area contributed by atoms with Crippen LogP contribution in [0.2, 0.25) is 0 Å². The number of benzene rings is 3. The van der Waals surface area contributed by atoms with E-state index in [1.54, 1.807) is 13.3 Å². The van der Waals surface area contributed by atoms with Crippen LogP contribution in [0.5, 0.6) is 5.75 Å². The topological polar surface area (TPSA) is 56.1 Å². The Kier molecular flexibility index (Phi) is 6.13. The fourth-order valence-electron chi connectivity index (χ4n) is 3.76. The Balaban J connectivity index is 1.72. The third kappa shape index (κ3) is 4.51. The summed E-state index contributed by atoms with van der Waals surface area (Å²) < 4.78 is 7.22. The lowest BCUT2D eigenvalue weighted by Gasteiger charge is -2.24. The lowest BCUT2D eigenvalue weighted by Crippen LogP contribution is -2.35. The number of aryl methyl sites for hydroxylation is 1. The molecular weight excluding hydrogens is 386 g/mol. The summed E-state index contributed by atoms with van der Waals surface area (Å²) in [5, 5.41) is 3.25. The minimum Gasteiger partial charge on any atom is -0.497 e. The second-order valence-electron chi connectivity index (χ2n) is 7.37. The SMILES string of the molecule is COc1ccc(C(NC(=O)C(c2ccccc2)c2ccccc2)c2nccn2C)cc1. The first kappa shape index (κ1) is 20.4. The maximum absolute atomic E-state index is 13.7. The molecule has 31 heavy (non-hydrogen) atoms. The molecule has 0 aliphatic carbocycles. The van der Waals surface area contributed by atoms with Gasteiger partial charge in [-0.25, -0.2) is 4.98 Å². The van der Waals surface area contributed by atoms with Gasteiger partial charge in [0, 0.05) is 19.4 Å². The molecule has 156 valence electrons. The van der Waals surface area contributed by atoms with E-state index in [4.69, 9.17) is 4.74 Å². The van der Waals surface area contributed by atoms with Crippen molar-refractivity contribution in [3.8, 4) is 5.75 Å². The van der Waals surface area contributed by atoms with E-state index >= 15 is 0 Å². The van der Waals surface area contributed by atoms with Crippen LogP contribution in [0.25, 0.3) is 0 Å². The Bertz CT molecular complexity index is 1080. The molecule has 5 nitrogen and oxygen atoms in total. The highest BCUT2D eigenvalue weighted by Gasteiger charge is 2.27. The second kappa shape index (κ2) is 9.30. The van der Waals surface area contributed by atoms with Crippen LogP contribution in [0, 0.1) is 0 Å². The van der Waals surface area contributed by atoms with Crippen molar-refractivity contribution in [2.75, 3.05) is 7.11 Å². The molecule has 1 aromatic heterocycles. The van der Waals surface area contributed by atoms with E-state index in [1.807, 2.05) is 103 Å². The van der Waals surface area contributed by atoms with Crippen molar-refractivity contribution in [3.05, 3.63) is 120 Å². The van der Waals surface area contributed by atoms with Gasteiger partial charge in [0.2, 0.25) is 5.91 Å². The van der Waals surface area contributed by atoms with Gasteiger partial charge >= 0.3 is 0 Å². The lowest BCUT2D eigenvalue weighted by atomic mass is 9.90. The fourth-order valence-corrected chi connectivity index (χ4v) is 3.76. The number of rotatable bonds is 7. The number of hydrogen-bond donors (Lipinski definition) is 1. The number of methoxy groups -OCH3 is 1. The molecule has 3 aromatic carbocycles. The van der Waals surface area contributed by atoms with Gasteiger partial charge in [-0.2, -0.15) is 0 Å². The van der Waals surface area contributed by atoms with Crippen LogP contribution < -0.4 is 10.1 Å². The summed E-state index contributed by atoms with van der Waals surface area (Å²) in [5.74, 6) is 1.02. The van der Waals surface area contributed by atoms with E-state index in [9.17, 15) is 4.79 Å². The summed E-state index contributed by atoms with van der Waals surface area (Å²) in [5.41, 5.74) is 2.82. The largest absolute Gasteiger partial charge is 0.497 e. The first-order valence-corrected chi connectivity index (χ1v) is 10.2. The van der Waals surface area contributed by atoms with Crippen LogP contribution in [0.4, 0.5) is 0 Å². The first-order valence-electron chi connectivity index (χ1n) is 10.2.